The van der Waals surface area contributed by atoms with Crippen molar-refractivity contribution in [3.8, 4) is 11.5 Å². The molecule has 0 aromatic heterocycles. The molecule has 2 atom stereocenters. The zero-order valence-corrected chi connectivity index (χ0v) is 18.3. The van der Waals surface area contributed by atoms with Gasteiger partial charge in [0, 0.05) is 24.0 Å². The molecular formula is C25H36NO3+. The average Bonchev–Trinajstić information content (AvgIpc) is 2.77. The second kappa shape index (κ2) is 10.1. The fraction of sp³-hybridized carbons (Fsp3) is 0.520. The molecule has 29 heavy (non-hydrogen) atoms. The average molecular weight is 399 g/mol. The maximum Gasteiger partial charge on any atom is 0.161 e. The molecule has 1 heterocycles. The molecule has 0 saturated carbocycles. The van der Waals surface area contributed by atoms with Gasteiger partial charge in [0.05, 0.1) is 26.9 Å². The van der Waals surface area contributed by atoms with Crippen molar-refractivity contribution in [3.05, 3.63) is 59.7 Å². The number of hydrogen-bond donors (Lipinski definition) is 1. The van der Waals surface area contributed by atoms with E-state index in [1.54, 1.807) is 14.2 Å². The number of quaternary nitrogens is 1. The van der Waals surface area contributed by atoms with Gasteiger partial charge < -0.3 is 19.5 Å². The summed E-state index contributed by atoms with van der Waals surface area (Å²) in [5, 5.41) is 2.41. The molecule has 0 amide bonds. The summed E-state index contributed by atoms with van der Waals surface area (Å²) < 4.78 is 16.9. The minimum absolute atomic E-state index is 0.211. The molecule has 1 aliphatic heterocycles. The van der Waals surface area contributed by atoms with Crippen LogP contribution in [-0.2, 0) is 16.7 Å². The molecule has 1 aliphatic rings. The molecule has 0 unspecified atom stereocenters. The first-order chi connectivity index (χ1) is 14.1. The van der Waals surface area contributed by atoms with Gasteiger partial charge in [0.15, 0.2) is 11.5 Å². The van der Waals surface area contributed by atoms with Crippen LogP contribution < -0.4 is 14.8 Å². The van der Waals surface area contributed by atoms with Crippen LogP contribution in [0.25, 0.3) is 0 Å². The van der Waals surface area contributed by atoms with Crippen molar-refractivity contribution in [1.82, 2.24) is 0 Å². The third-order valence-corrected chi connectivity index (χ3v) is 6.29. The lowest BCUT2D eigenvalue weighted by Crippen LogP contribution is -2.83. The second-order valence-electron chi connectivity index (χ2n) is 8.47. The van der Waals surface area contributed by atoms with Crippen molar-refractivity contribution in [1.29, 1.82) is 0 Å². The van der Waals surface area contributed by atoms with E-state index in [0.29, 0.717) is 12.0 Å². The van der Waals surface area contributed by atoms with E-state index in [4.69, 9.17) is 14.2 Å². The molecule has 3 rings (SSSR count). The van der Waals surface area contributed by atoms with Gasteiger partial charge in [-0.25, -0.2) is 0 Å². The lowest BCUT2D eigenvalue weighted by molar-refractivity contribution is -0.672. The Morgan fingerprint density at radius 3 is 2.52 bits per heavy atom. The highest BCUT2D eigenvalue weighted by Gasteiger charge is 2.39. The van der Waals surface area contributed by atoms with Crippen molar-refractivity contribution in [2.75, 3.05) is 27.4 Å². The van der Waals surface area contributed by atoms with Gasteiger partial charge in [0.1, 0.15) is 6.54 Å². The highest BCUT2D eigenvalue weighted by Crippen LogP contribution is 2.41. The van der Waals surface area contributed by atoms with E-state index < -0.39 is 0 Å². The molecule has 2 N–H and O–H groups in total. The molecule has 0 spiro atoms. The van der Waals surface area contributed by atoms with Gasteiger partial charge in [0.25, 0.3) is 0 Å². The highest BCUT2D eigenvalue weighted by atomic mass is 16.5. The molecule has 4 heteroatoms. The van der Waals surface area contributed by atoms with E-state index in [1.165, 1.54) is 11.1 Å². The molecule has 158 valence electrons. The Morgan fingerprint density at radius 1 is 1.07 bits per heavy atom. The Kier molecular flexibility index (Phi) is 7.57. The summed E-state index contributed by atoms with van der Waals surface area (Å²) in [4.78, 5) is 0. The largest absolute Gasteiger partial charge is 0.493 e. The summed E-state index contributed by atoms with van der Waals surface area (Å²) >= 11 is 0. The zero-order chi connectivity index (χ0) is 20.7. The summed E-state index contributed by atoms with van der Waals surface area (Å²) in [6.07, 6.45) is 3.72. The van der Waals surface area contributed by atoms with Gasteiger partial charge >= 0.3 is 0 Å². The summed E-state index contributed by atoms with van der Waals surface area (Å²) in [6.45, 7) is 7.43. The number of ether oxygens (including phenoxy) is 3. The van der Waals surface area contributed by atoms with E-state index in [2.05, 4.69) is 61.6 Å². The summed E-state index contributed by atoms with van der Waals surface area (Å²) in [6, 6.07) is 17.2. The lowest BCUT2D eigenvalue weighted by atomic mass is 9.68. The Hall–Kier alpha value is -2.04. The molecule has 0 aliphatic carbocycles. The molecule has 4 nitrogen and oxygen atoms in total. The Bertz CT molecular complexity index is 762. The number of rotatable bonds is 9. The van der Waals surface area contributed by atoms with Crippen LogP contribution in [0.5, 0.6) is 11.5 Å². The number of nitrogens with two attached hydrogens (primary N) is 1. The van der Waals surface area contributed by atoms with Crippen LogP contribution in [0.2, 0.25) is 0 Å². The number of hydrogen-bond acceptors (Lipinski definition) is 3. The second-order valence-corrected chi connectivity index (χ2v) is 8.47. The van der Waals surface area contributed by atoms with Crippen LogP contribution in [0.3, 0.4) is 0 Å². The standard InChI is InChI=1S/C25H35NO3/c1-19(2)24-17-25(13-15-29-24,21-8-6-5-7-9-21)12-14-26-18-20-10-11-22(27-3)23(16-20)28-4/h5-11,16,19,24,26H,12-15,17-18H2,1-4H3/p+1/t24-,25+/m1/s1. The van der Waals surface area contributed by atoms with Gasteiger partial charge in [-0.2, -0.15) is 0 Å². The normalized spacial score (nSPS) is 21.9. The number of benzene rings is 2. The van der Waals surface area contributed by atoms with Crippen molar-refractivity contribution in [2.45, 2.75) is 51.2 Å². The first-order valence-electron chi connectivity index (χ1n) is 10.8. The molecule has 2 aromatic rings. The summed E-state index contributed by atoms with van der Waals surface area (Å²) in [5.74, 6) is 2.12. The van der Waals surface area contributed by atoms with E-state index in [0.717, 1.165) is 50.5 Å². The molecule has 1 saturated heterocycles. The van der Waals surface area contributed by atoms with E-state index >= 15 is 0 Å². The molecular weight excluding hydrogens is 362 g/mol. The maximum absolute atomic E-state index is 6.10. The summed E-state index contributed by atoms with van der Waals surface area (Å²) in [7, 11) is 3.36. The van der Waals surface area contributed by atoms with Crippen molar-refractivity contribution >= 4 is 0 Å². The van der Waals surface area contributed by atoms with Gasteiger partial charge in [-0.3, -0.25) is 0 Å². The number of methoxy groups -OCH3 is 2. The van der Waals surface area contributed by atoms with Crippen LogP contribution in [0, 0.1) is 5.92 Å². The quantitative estimate of drug-likeness (QED) is 0.651. The fourth-order valence-corrected chi connectivity index (χ4v) is 4.46. The molecule has 0 bridgehead atoms. The van der Waals surface area contributed by atoms with Crippen molar-refractivity contribution < 1.29 is 19.5 Å². The van der Waals surface area contributed by atoms with E-state index in [1.807, 2.05) is 6.07 Å². The van der Waals surface area contributed by atoms with E-state index in [9.17, 15) is 0 Å². The maximum atomic E-state index is 6.10. The Balaban J connectivity index is 1.65. The zero-order valence-electron chi connectivity index (χ0n) is 18.3. The fourth-order valence-electron chi connectivity index (χ4n) is 4.46. The first kappa shape index (κ1) is 21.7. The topological polar surface area (TPSA) is 44.3 Å². The van der Waals surface area contributed by atoms with Crippen LogP contribution >= 0.6 is 0 Å². The monoisotopic (exact) mass is 398 g/mol. The predicted octanol–water partition coefficient (Wildman–Crippen LogP) is 3.93. The van der Waals surface area contributed by atoms with E-state index in [-0.39, 0.29) is 5.41 Å². The van der Waals surface area contributed by atoms with Gasteiger partial charge in [-0.1, -0.05) is 44.2 Å². The lowest BCUT2D eigenvalue weighted by Gasteiger charge is -2.42. The smallest absolute Gasteiger partial charge is 0.161 e. The summed E-state index contributed by atoms with van der Waals surface area (Å²) in [5.41, 5.74) is 2.93. The van der Waals surface area contributed by atoms with Crippen LogP contribution in [0.15, 0.2) is 48.5 Å². The van der Waals surface area contributed by atoms with Crippen LogP contribution in [0.1, 0.15) is 44.2 Å². The van der Waals surface area contributed by atoms with Gasteiger partial charge in [-0.05, 0) is 42.5 Å². The third-order valence-electron chi connectivity index (χ3n) is 6.29. The van der Waals surface area contributed by atoms with Crippen LogP contribution in [0.4, 0.5) is 0 Å². The van der Waals surface area contributed by atoms with Gasteiger partial charge in [0.2, 0.25) is 0 Å². The predicted molar refractivity (Wildman–Crippen MR) is 117 cm³/mol. The molecule has 1 fully saturated rings. The highest BCUT2D eigenvalue weighted by molar-refractivity contribution is 5.42. The van der Waals surface area contributed by atoms with Crippen LogP contribution in [-0.4, -0.2) is 33.5 Å². The van der Waals surface area contributed by atoms with Crippen molar-refractivity contribution in [3.63, 3.8) is 0 Å². The molecule has 2 aromatic carbocycles. The van der Waals surface area contributed by atoms with Crippen molar-refractivity contribution in [2.24, 2.45) is 5.92 Å². The Morgan fingerprint density at radius 2 is 1.83 bits per heavy atom. The molecule has 0 radical (unpaired) electrons. The minimum Gasteiger partial charge on any atom is -0.493 e. The SMILES string of the molecule is COc1ccc(C[NH2+]CC[C@]2(c3ccccc3)CCO[C@@H](C(C)C)C2)cc1OC. The van der Waals surface area contributed by atoms with Gasteiger partial charge in [-0.15, -0.1) is 0 Å². The third kappa shape index (κ3) is 5.31. The first-order valence-corrected chi connectivity index (χ1v) is 10.8. The Labute approximate surface area is 175 Å². The minimum atomic E-state index is 0.211.